The molecule has 0 spiro atoms. The predicted molar refractivity (Wildman–Crippen MR) is 78.8 cm³/mol. The van der Waals surface area contributed by atoms with E-state index in [1.54, 1.807) is 6.07 Å². The second kappa shape index (κ2) is 4.92. The zero-order valence-corrected chi connectivity index (χ0v) is 12.9. The van der Waals surface area contributed by atoms with Crippen molar-refractivity contribution < 1.29 is 0 Å². The van der Waals surface area contributed by atoms with Crippen LogP contribution in [0.25, 0.3) is 11.0 Å². The third-order valence-electron chi connectivity index (χ3n) is 2.62. The summed E-state index contributed by atoms with van der Waals surface area (Å²) < 4.78 is 2.12. The van der Waals surface area contributed by atoms with Crippen molar-refractivity contribution in [2.45, 2.75) is 33.2 Å². The van der Waals surface area contributed by atoms with Gasteiger partial charge in [-0.25, -0.2) is 4.98 Å². The van der Waals surface area contributed by atoms with Gasteiger partial charge in [0.05, 0.1) is 27.0 Å². The van der Waals surface area contributed by atoms with Crippen LogP contribution >= 0.6 is 34.8 Å². The fourth-order valence-corrected chi connectivity index (χ4v) is 2.44. The summed E-state index contributed by atoms with van der Waals surface area (Å²) in [7, 11) is 0. The van der Waals surface area contributed by atoms with Crippen LogP contribution in [0.4, 0.5) is 0 Å². The lowest BCUT2D eigenvalue weighted by molar-refractivity contribution is 0.344. The van der Waals surface area contributed by atoms with Crippen LogP contribution in [-0.4, -0.2) is 9.55 Å². The van der Waals surface area contributed by atoms with Crippen molar-refractivity contribution in [3.63, 3.8) is 0 Å². The zero-order valence-electron chi connectivity index (χ0n) is 10.6. The van der Waals surface area contributed by atoms with E-state index in [1.807, 2.05) is 6.07 Å². The van der Waals surface area contributed by atoms with Gasteiger partial charge >= 0.3 is 0 Å². The van der Waals surface area contributed by atoms with E-state index in [1.165, 1.54) is 0 Å². The fraction of sp³-hybridized carbons (Fsp3) is 0.462. The summed E-state index contributed by atoms with van der Waals surface area (Å²) in [5.41, 5.74) is 1.96. The normalized spacial score (nSPS) is 12.3. The molecule has 0 amide bonds. The van der Waals surface area contributed by atoms with Crippen molar-refractivity contribution in [2.75, 3.05) is 0 Å². The Bertz CT molecular complexity index is 582. The SMILES string of the molecule is CC(C)(C)Cn1c(CCl)nc2cc(Cl)c(Cl)cc21. The van der Waals surface area contributed by atoms with Gasteiger partial charge in [-0.05, 0) is 17.5 Å². The molecule has 0 bridgehead atoms. The van der Waals surface area contributed by atoms with Crippen LogP contribution in [-0.2, 0) is 12.4 Å². The molecule has 0 radical (unpaired) electrons. The summed E-state index contributed by atoms with van der Waals surface area (Å²) in [6, 6.07) is 3.64. The lowest BCUT2D eigenvalue weighted by Crippen LogP contribution is -2.17. The molecule has 0 atom stereocenters. The molecule has 1 aromatic heterocycles. The van der Waals surface area contributed by atoms with Crippen LogP contribution < -0.4 is 0 Å². The molecule has 0 N–H and O–H groups in total. The van der Waals surface area contributed by atoms with Gasteiger partial charge in [-0.15, -0.1) is 11.6 Å². The molecule has 5 heteroatoms. The third kappa shape index (κ3) is 2.76. The number of hydrogen-bond donors (Lipinski definition) is 0. The first-order valence-electron chi connectivity index (χ1n) is 5.72. The Labute approximate surface area is 122 Å². The molecule has 0 aliphatic heterocycles. The average Bonchev–Trinajstić information content (AvgIpc) is 2.55. The van der Waals surface area contributed by atoms with Gasteiger partial charge in [0.25, 0.3) is 0 Å². The van der Waals surface area contributed by atoms with E-state index in [4.69, 9.17) is 34.8 Å². The van der Waals surface area contributed by atoms with Crippen LogP contribution in [0, 0.1) is 5.41 Å². The second-order valence-corrected chi connectivity index (χ2v) is 6.65. The van der Waals surface area contributed by atoms with Crippen LogP contribution in [0.2, 0.25) is 10.0 Å². The monoisotopic (exact) mass is 304 g/mol. The predicted octanol–water partition coefficient (Wildman–Crippen LogP) is 5.13. The van der Waals surface area contributed by atoms with Crippen molar-refractivity contribution in [1.82, 2.24) is 9.55 Å². The fourth-order valence-electron chi connectivity index (χ4n) is 1.92. The summed E-state index contributed by atoms with van der Waals surface area (Å²) in [5, 5.41) is 1.06. The number of aromatic nitrogens is 2. The molecule has 0 saturated carbocycles. The Morgan fingerprint density at radius 2 is 1.78 bits per heavy atom. The molecule has 0 unspecified atom stereocenters. The van der Waals surface area contributed by atoms with E-state index >= 15 is 0 Å². The van der Waals surface area contributed by atoms with Gasteiger partial charge in [-0.2, -0.15) is 0 Å². The van der Waals surface area contributed by atoms with E-state index < -0.39 is 0 Å². The van der Waals surface area contributed by atoms with Gasteiger partial charge in [0, 0.05) is 6.54 Å². The van der Waals surface area contributed by atoms with Crippen LogP contribution in [0.15, 0.2) is 12.1 Å². The molecule has 0 aliphatic carbocycles. The van der Waals surface area contributed by atoms with Gasteiger partial charge in [-0.3, -0.25) is 0 Å². The highest BCUT2D eigenvalue weighted by Crippen LogP contribution is 2.30. The Morgan fingerprint density at radius 1 is 1.17 bits per heavy atom. The smallest absolute Gasteiger partial charge is 0.124 e. The molecule has 98 valence electrons. The number of imidazole rings is 1. The zero-order chi connectivity index (χ0) is 13.5. The van der Waals surface area contributed by atoms with Crippen molar-refractivity contribution in [1.29, 1.82) is 0 Å². The Kier molecular flexibility index (Phi) is 3.82. The molecule has 2 aromatic rings. The minimum atomic E-state index is 0.139. The van der Waals surface area contributed by atoms with E-state index in [0.717, 1.165) is 23.4 Å². The third-order valence-corrected chi connectivity index (χ3v) is 3.58. The molecular formula is C13H15Cl3N2. The lowest BCUT2D eigenvalue weighted by Gasteiger charge is -2.20. The highest BCUT2D eigenvalue weighted by Gasteiger charge is 2.18. The van der Waals surface area contributed by atoms with E-state index in [2.05, 4.69) is 30.3 Å². The molecule has 18 heavy (non-hydrogen) atoms. The number of rotatable bonds is 2. The number of nitrogens with zero attached hydrogens (tertiary/aromatic N) is 2. The molecule has 1 aromatic carbocycles. The first-order valence-corrected chi connectivity index (χ1v) is 7.01. The maximum atomic E-state index is 6.08. The number of halogens is 3. The molecule has 0 saturated heterocycles. The van der Waals surface area contributed by atoms with Gasteiger partial charge in [0.2, 0.25) is 0 Å². The summed E-state index contributed by atoms with van der Waals surface area (Å²) in [5.74, 6) is 1.22. The van der Waals surface area contributed by atoms with Crippen molar-refractivity contribution in [3.05, 3.63) is 28.0 Å². The van der Waals surface area contributed by atoms with Gasteiger partial charge in [0.1, 0.15) is 5.82 Å². The summed E-state index contributed by atoms with van der Waals surface area (Å²) in [6.07, 6.45) is 0. The second-order valence-electron chi connectivity index (χ2n) is 5.56. The minimum Gasteiger partial charge on any atom is -0.326 e. The number of hydrogen-bond acceptors (Lipinski definition) is 1. The number of fused-ring (bicyclic) bond motifs is 1. The topological polar surface area (TPSA) is 17.8 Å². The Hall–Kier alpha value is -0.440. The van der Waals surface area contributed by atoms with E-state index in [0.29, 0.717) is 15.9 Å². The molecular weight excluding hydrogens is 291 g/mol. The highest BCUT2D eigenvalue weighted by atomic mass is 35.5. The van der Waals surface area contributed by atoms with Gasteiger partial charge in [-0.1, -0.05) is 44.0 Å². The molecule has 0 aliphatic rings. The van der Waals surface area contributed by atoms with Crippen molar-refractivity contribution >= 4 is 45.8 Å². The first kappa shape index (κ1) is 14.0. The summed E-state index contributed by atoms with van der Waals surface area (Å²) >= 11 is 18.1. The highest BCUT2D eigenvalue weighted by molar-refractivity contribution is 6.42. The Morgan fingerprint density at radius 3 is 2.33 bits per heavy atom. The molecule has 2 nitrogen and oxygen atoms in total. The quantitative estimate of drug-likeness (QED) is 0.703. The largest absolute Gasteiger partial charge is 0.326 e. The number of alkyl halides is 1. The summed E-state index contributed by atoms with van der Waals surface area (Å²) in [6.45, 7) is 7.36. The maximum Gasteiger partial charge on any atom is 0.124 e. The Balaban J connectivity index is 2.65. The van der Waals surface area contributed by atoms with Crippen molar-refractivity contribution in [2.24, 2.45) is 5.41 Å². The van der Waals surface area contributed by atoms with Crippen LogP contribution in [0.3, 0.4) is 0 Å². The number of benzene rings is 1. The minimum absolute atomic E-state index is 0.139. The first-order chi connectivity index (χ1) is 8.31. The van der Waals surface area contributed by atoms with E-state index in [-0.39, 0.29) is 5.41 Å². The molecule has 0 fully saturated rings. The van der Waals surface area contributed by atoms with E-state index in [9.17, 15) is 0 Å². The molecule has 2 rings (SSSR count). The standard InChI is InChI=1S/C13H15Cl3N2/c1-13(2,3)7-18-11-5-9(16)8(15)4-10(11)17-12(18)6-14/h4-5H,6-7H2,1-3H3. The van der Waals surface area contributed by atoms with Crippen LogP contribution in [0.5, 0.6) is 0 Å². The van der Waals surface area contributed by atoms with Crippen LogP contribution in [0.1, 0.15) is 26.6 Å². The average molecular weight is 306 g/mol. The van der Waals surface area contributed by atoms with Gasteiger partial charge < -0.3 is 4.57 Å². The molecule has 1 heterocycles. The van der Waals surface area contributed by atoms with Gasteiger partial charge in [0.15, 0.2) is 0 Å². The maximum absolute atomic E-state index is 6.08. The van der Waals surface area contributed by atoms with Crippen molar-refractivity contribution in [3.8, 4) is 0 Å². The summed E-state index contributed by atoms with van der Waals surface area (Å²) in [4.78, 5) is 4.51. The lowest BCUT2D eigenvalue weighted by atomic mass is 9.97.